The second-order valence-electron chi connectivity index (χ2n) is 9.59. The Morgan fingerprint density at radius 2 is 1.92 bits per heavy atom. The number of benzene rings is 1. The lowest BCUT2D eigenvalue weighted by Crippen LogP contribution is -2.29. The molecule has 3 heterocycles. The maximum absolute atomic E-state index is 6.66. The van der Waals surface area contributed by atoms with E-state index >= 15 is 0 Å². The summed E-state index contributed by atoms with van der Waals surface area (Å²) >= 11 is 12.6. The van der Waals surface area contributed by atoms with E-state index in [4.69, 9.17) is 38.3 Å². The van der Waals surface area contributed by atoms with Crippen molar-refractivity contribution < 1.29 is 9.47 Å². The van der Waals surface area contributed by atoms with E-state index in [1.165, 1.54) is 42.6 Å². The Bertz CT molecular complexity index is 1230. The van der Waals surface area contributed by atoms with Gasteiger partial charge in [-0.3, -0.25) is 4.98 Å². The van der Waals surface area contributed by atoms with Crippen molar-refractivity contribution in [2.45, 2.75) is 57.7 Å². The van der Waals surface area contributed by atoms with Crippen LogP contribution in [0.4, 0.5) is 5.69 Å². The van der Waals surface area contributed by atoms with Gasteiger partial charge in [0.2, 0.25) is 0 Å². The molecule has 2 aliphatic rings. The number of nitrogens with one attached hydrogen (secondary N) is 1. The van der Waals surface area contributed by atoms with Crippen LogP contribution in [0.2, 0.25) is 5.02 Å². The van der Waals surface area contributed by atoms with Crippen LogP contribution in [0.15, 0.2) is 48.7 Å². The number of thiocarbonyl (C=S) groups is 1. The molecule has 1 saturated carbocycles. The Labute approximate surface area is 223 Å². The minimum atomic E-state index is -0.0902. The summed E-state index contributed by atoms with van der Waals surface area (Å²) in [7, 11) is 1.65. The van der Waals surface area contributed by atoms with Gasteiger partial charge in [-0.25, -0.2) is 0 Å². The van der Waals surface area contributed by atoms with Crippen LogP contribution in [0.25, 0.3) is 0 Å². The highest BCUT2D eigenvalue weighted by atomic mass is 35.5. The van der Waals surface area contributed by atoms with E-state index in [1.807, 2.05) is 36.5 Å². The van der Waals surface area contributed by atoms with Crippen molar-refractivity contribution >= 4 is 34.6 Å². The minimum Gasteiger partial charge on any atom is -0.490 e. The first-order chi connectivity index (χ1) is 17.5. The molecule has 0 bridgehead atoms. The summed E-state index contributed by atoms with van der Waals surface area (Å²) in [5.74, 6) is 0.632. The molecule has 1 aromatic carbocycles. The summed E-state index contributed by atoms with van der Waals surface area (Å²) in [5, 5.41) is 4.77. The predicted octanol–water partition coefficient (Wildman–Crippen LogP) is 6.47. The van der Waals surface area contributed by atoms with Crippen molar-refractivity contribution in [3.8, 4) is 5.75 Å². The molecule has 0 amide bonds. The van der Waals surface area contributed by atoms with Gasteiger partial charge in [-0.1, -0.05) is 30.5 Å². The Balaban J connectivity index is 1.57. The Hall–Kier alpha value is -2.61. The van der Waals surface area contributed by atoms with E-state index in [0.29, 0.717) is 35.1 Å². The fourth-order valence-electron chi connectivity index (χ4n) is 5.77. The Morgan fingerprint density at radius 3 is 2.61 bits per heavy atom. The molecular formula is C28H33ClN4O2S. The molecule has 1 N–H and O–H groups in total. The van der Waals surface area contributed by atoms with Crippen molar-refractivity contribution in [2.75, 3.05) is 25.2 Å². The fraction of sp³-hybridized carbons (Fsp3) is 0.429. The highest BCUT2D eigenvalue weighted by molar-refractivity contribution is 7.80. The number of rotatable bonds is 8. The summed E-state index contributed by atoms with van der Waals surface area (Å²) in [4.78, 5) is 6.88. The molecule has 1 aliphatic carbocycles. The van der Waals surface area contributed by atoms with Gasteiger partial charge >= 0.3 is 0 Å². The fourth-order valence-corrected chi connectivity index (χ4v) is 6.34. The van der Waals surface area contributed by atoms with Gasteiger partial charge in [0.1, 0.15) is 12.4 Å². The van der Waals surface area contributed by atoms with E-state index in [-0.39, 0.29) is 12.1 Å². The zero-order chi connectivity index (χ0) is 25.2. The van der Waals surface area contributed by atoms with Crippen LogP contribution in [0, 0.1) is 13.8 Å². The van der Waals surface area contributed by atoms with Gasteiger partial charge in [0.25, 0.3) is 0 Å². The van der Waals surface area contributed by atoms with Crippen molar-refractivity contribution in [1.29, 1.82) is 0 Å². The lowest BCUT2D eigenvalue weighted by atomic mass is 9.96. The van der Waals surface area contributed by atoms with Gasteiger partial charge < -0.3 is 24.3 Å². The van der Waals surface area contributed by atoms with Crippen molar-refractivity contribution in [2.24, 2.45) is 0 Å². The molecule has 3 aromatic rings. The molecule has 36 heavy (non-hydrogen) atoms. The lowest BCUT2D eigenvalue weighted by molar-refractivity contribution is 0.146. The molecule has 8 heteroatoms. The minimum absolute atomic E-state index is 0.0647. The quantitative estimate of drug-likeness (QED) is 0.269. The van der Waals surface area contributed by atoms with Crippen molar-refractivity contribution in [3.05, 3.63) is 76.3 Å². The average molecular weight is 525 g/mol. The normalized spacial score (nSPS) is 20.2. The first-order valence-corrected chi connectivity index (χ1v) is 13.4. The highest BCUT2D eigenvalue weighted by Gasteiger charge is 2.42. The van der Waals surface area contributed by atoms with Gasteiger partial charge in [0.05, 0.1) is 29.4 Å². The third-order valence-corrected chi connectivity index (χ3v) is 7.98. The van der Waals surface area contributed by atoms with Gasteiger partial charge in [-0.15, -0.1) is 0 Å². The van der Waals surface area contributed by atoms with E-state index in [1.54, 1.807) is 7.11 Å². The lowest BCUT2D eigenvalue weighted by Gasteiger charge is -2.29. The molecule has 0 spiro atoms. The smallest absolute Gasteiger partial charge is 0.174 e. The van der Waals surface area contributed by atoms with E-state index in [9.17, 15) is 0 Å². The standard InChI is InChI=1S/C28H33ClN4O2S/c1-18-16-22(19(2)32(18)20-8-4-5-9-20)27-26(24-10-6-7-13-30-24)31-28(36)33(27)21-11-12-25(23(29)17-21)35-15-14-34-3/h6-7,10-13,16-17,20,26-27H,4-5,8-9,14-15H2,1-3H3,(H,31,36)/t26-,27+/m1/s1. The van der Waals surface area contributed by atoms with Crippen molar-refractivity contribution in [1.82, 2.24) is 14.9 Å². The van der Waals surface area contributed by atoms with Gasteiger partial charge in [-0.2, -0.15) is 0 Å². The first-order valence-electron chi connectivity index (χ1n) is 12.6. The monoisotopic (exact) mass is 524 g/mol. The maximum Gasteiger partial charge on any atom is 0.174 e. The van der Waals surface area contributed by atoms with Gasteiger partial charge in [0.15, 0.2) is 5.11 Å². The van der Waals surface area contributed by atoms with Gasteiger partial charge in [0, 0.05) is 36.4 Å². The Kier molecular flexibility index (Phi) is 7.51. The van der Waals surface area contributed by atoms with Crippen LogP contribution in [0.5, 0.6) is 5.75 Å². The SMILES string of the molecule is COCCOc1ccc(N2C(=S)N[C@H](c3ccccn3)[C@@H]2c2cc(C)n(C3CCCC3)c2C)cc1Cl. The highest BCUT2D eigenvalue weighted by Crippen LogP contribution is 2.45. The summed E-state index contributed by atoms with van der Waals surface area (Å²) in [6.07, 6.45) is 6.91. The summed E-state index contributed by atoms with van der Waals surface area (Å²) in [6.45, 7) is 5.41. The van der Waals surface area contributed by atoms with E-state index < -0.39 is 0 Å². The van der Waals surface area contributed by atoms with Crippen LogP contribution in [-0.2, 0) is 4.74 Å². The molecule has 2 aromatic heterocycles. The average Bonchev–Trinajstić information content (AvgIpc) is 3.58. The molecular weight excluding hydrogens is 492 g/mol. The number of aryl methyl sites for hydroxylation is 1. The summed E-state index contributed by atoms with van der Waals surface area (Å²) < 4.78 is 13.4. The van der Waals surface area contributed by atoms with E-state index in [2.05, 4.69) is 40.8 Å². The number of hydrogen-bond acceptors (Lipinski definition) is 4. The Morgan fingerprint density at radius 1 is 1.11 bits per heavy atom. The third-order valence-electron chi connectivity index (χ3n) is 7.37. The first kappa shape index (κ1) is 25.1. The molecule has 1 saturated heterocycles. The molecule has 0 unspecified atom stereocenters. The molecule has 0 radical (unpaired) electrons. The molecule has 190 valence electrons. The number of halogens is 1. The molecule has 6 nitrogen and oxygen atoms in total. The molecule has 2 atom stereocenters. The summed E-state index contributed by atoms with van der Waals surface area (Å²) in [5.41, 5.74) is 5.74. The zero-order valence-corrected chi connectivity index (χ0v) is 22.6. The number of ether oxygens (including phenoxy) is 2. The van der Waals surface area contributed by atoms with E-state index in [0.717, 1.165) is 11.4 Å². The number of anilines is 1. The zero-order valence-electron chi connectivity index (χ0n) is 21.0. The maximum atomic E-state index is 6.66. The van der Waals surface area contributed by atoms with Crippen molar-refractivity contribution in [3.63, 3.8) is 0 Å². The van der Waals surface area contributed by atoms with Crippen LogP contribution in [-0.4, -0.2) is 35.0 Å². The second-order valence-corrected chi connectivity index (χ2v) is 10.4. The topological polar surface area (TPSA) is 51.6 Å². The number of pyridine rings is 1. The van der Waals surface area contributed by atoms with Crippen LogP contribution in [0.1, 0.15) is 66.5 Å². The number of hydrogen-bond donors (Lipinski definition) is 1. The largest absolute Gasteiger partial charge is 0.490 e. The van der Waals surface area contributed by atoms with Crippen LogP contribution < -0.4 is 15.0 Å². The number of methoxy groups -OCH3 is 1. The number of aromatic nitrogens is 2. The molecule has 5 rings (SSSR count). The van der Waals surface area contributed by atoms with Crippen LogP contribution in [0.3, 0.4) is 0 Å². The van der Waals surface area contributed by atoms with Gasteiger partial charge in [-0.05, 0) is 80.9 Å². The summed E-state index contributed by atoms with van der Waals surface area (Å²) in [6, 6.07) is 14.6. The number of nitrogens with zero attached hydrogens (tertiary/aromatic N) is 3. The second kappa shape index (κ2) is 10.8. The predicted molar refractivity (Wildman–Crippen MR) is 148 cm³/mol. The van der Waals surface area contributed by atoms with Crippen LogP contribution >= 0.6 is 23.8 Å². The molecule has 2 fully saturated rings. The third kappa shape index (κ3) is 4.72. The molecule has 1 aliphatic heterocycles.